The predicted molar refractivity (Wildman–Crippen MR) is 102 cm³/mol. The Morgan fingerprint density at radius 1 is 1.04 bits per heavy atom. The molecular weight excluding hydrogens is 360 g/mol. The summed E-state index contributed by atoms with van der Waals surface area (Å²) in [6.45, 7) is 0. The van der Waals surface area contributed by atoms with Crippen molar-refractivity contribution in [1.29, 1.82) is 0 Å². The van der Waals surface area contributed by atoms with E-state index in [0.29, 0.717) is 15.9 Å². The van der Waals surface area contributed by atoms with Crippen LogP contribution in [-0.2, 0) is 0 Å². The van der Waals surface area contributed by atoms with Crippen LogP contribution in [0.15, 0.2) is 76.7 Å². The molecule has 0 saturated carbocycles. The van der Waals surface area contributed by atoms with Crippen molar-refractivity contribution < 1.29 is 4.79 Å². The van der Waals surface area contributed by atoms with Gasteiger partial charge in [-0.25, -0.2) is 0 Å². The first-order valence-corrected chi connectivity index (χ1v) is 8.75. The van der Waals surface area contributed by atoms with E-state index in [-0.39, 0.29) is 5.91 Å². The van der Waals surface area contributed by atoms with Crippen LogP contribution in [0, 0.1) is 4.64 Å². The van der Waals surface area contributed by atoms with Gasteiger partial charge in [-0.1, -0.05) is 47.7 Å². The van der Waals surface area contributed by atoms with Crippen molar-refractivity contribution in [3.8, 4) is 0 Å². The predicted octanol–water partition coefficient (Wildman–Crippen LogP) is 5.80. The number of rotatable bonds is 4. The van der Waals surface area contributed by atoms with Crippen LogP contribution in [-0.4, -0.2) is 10.9 Å². The molecule has 0 unspecified atom stereocenters. The number of anilines is 1. The van der Waals surface area contributed by atoms with Crippen molar-refractivity contribution >= 4 is 47.2 Å². The molecule has 6 heteroatoms. The molecule has 0 saturated heterocycles. The number of H-pyrrole nitrogens is 1. The molecule has 3 rings (SSSR count). The normalized spacial score (nSPS) is 10.4. The number of halogens is 1. The molecule has 0 aliphatic rings. The molecule has 120 valence electrons. The Bertz CT molecular complexity index is 923. The average molecular weight is 373 g/mol. The zero-order chi connectivity index (χ0) is 16.9. The fraction of sp³-hybridized carbons (Fsp3) is 0. The van der Waals surface area contributed by atoms with Crippen molar-refractivity contribution in [2.75, 3.05) is 5.32 Å². The summed E-state index contributed by atoms with van der Waals surface area (Å²) in [7, 11) is 0. The molecule has 0 aliphatic heterocycles. The van der Waals surface area contributed by atoms with Gasteiger partial charge in [-0.05, 0) is 48.5 Å². The smallest absolute Gasteiger partial charge is 0.258 e. The van der Waals surface area contributed by atoms with Gasteiger partial charge in [0.05, 0.1) is 10.6 Å². The van der Waals surface area contributed by atoms with Crippen molar-refractivity contribution in [2.45, 2.75) is 9.79 Å². The summed E-state index contributed by atoms with van der Waals surface area (Å²) in [5.41, 5.74) is 1.16. The van der Waals surface area contributed by atoms with Crippen LogP contribution < -0.4 is 5.32 Å². The molecule has 2 aromatic carbocycles. The van der Waals surface area contributed by atoms with E-state index in [4.69, 9.17) is 23.8 Å². The van der Waals surface area contributed by atoms with Crippen LogP contribution in [0.3, 0.4) is 0 Å². The second-order valence-electron chi connectivity index (χ2n) is 4.92. The van der Waals surface area contributed by atoms with Gasteiger partial charge >= 0.3 is 0 Å². The minimum Gasteiger partial charge on any atom is -0.352 e. The van der Waals surface area contributed by atoms with E-state index < -0.39 is 0 Å². The SMILES string of the molecule is O=C(Nc1ccc(Sc2ccccc2Cl)cc1)c1ccc[nH]c1=S. The highest BCUT2D eigenvalue weighted by Crippen LogP contribution is 2.33. The topological polar surface area (TPSA) is 44.9 Å². The summed E-state index contributed by atoms with van der Waals surface area (Å²) in [6.07, 6.45) is 1.69. The maximum absolute atomic E-state index is 12.2. The lowest BCUT2D eigenvalue weighted by Crippen LogP contribution is -2.12. The fourth-order valence-electron chi connectivity index (χ4n) is 2.06. The third kappa shape index (κ3) is 4.06. The standard InChI is InChI=1S/C18H13ClN2OS2/c19-15-5-1-2-6-16(15)24-13-9-7-12(8-10-13)21-17(22)14-4-3-11-20-18(14)23/h1-11H,(H,20,23)(H,21,22). The summed E-state index contributed by atoms with van der Waals surface area (Å²) in [4.78, 5) is 17.1. The highest BCUT2D eigenvalue weighted by molar-refractivity contribution is 7.99. The fourth-order valence-corrected chi connectivity index (χ4v) is 3.38. The van der Waals surface area contributed by atoms with E-state index in [1.54, 1.807) is 30.1 Å². The molecule has 24 heavy (non-hydrogen) atoms. The molecule has 0 aliphatic carbocycles. The number of benzene rings is 2. The lowest BCUT2D eigenvalue weighted by Gasteiger charge is -2.07. The zero-order valence-electron chi connectivity index (χ0n) is 12.5. The largest absolute Gasteiger partial charge is 0.352 e. The van der Waals surface area contributed by atoms with Crippen molar-refractivity contribution in [3.05, 3.63) is 82.1 Å². The van der Waals surface area contributed by atoms with Crippen LogP contribution in [0.5, 0.6) is 0 Å². The van der Waals surface area contributed by atoms with Gasteiger partial charge in [0.15, 0.2) is 0 Å². The zero-order valence-corrected chi connectivity index (χ0v) is 14.8. The van der Waals surface area contributed by atoms with Gasteiger partial charge in [0.25, 0.3) is 5.91 Å². The molecule has 0 spiro atoms. The Labute approximate surface area is 154 Å². The number of amides is 1. The van der Waals surface area contributed by atoms with Crippen molar-refractivity contribution in [3.63, 3.8) is 0 Å². The van der Waals surface area contributed by atoms with Crippen LogP contribution >= 0.6 is 35.6 Å². The molecule has 2 N–H and O–H groups in total. The number of aromatic nitrogens is 1. The molecule has 0 fully saturated rings. The van der Waals surface area contributed by atoms with Gasteiger partial charge < -0.3 is 10.3 Å². The molecule has 3 aromatic rings. The number of carbonyl (C=O) groups is 1. The van der Waals surface area contributed by atoms with Crippen molar-refractivity contribution in [1.82, 2.24) is 4.98 Å². The van der Waals surface area contributed by atoms with Crippen LogP contribution in [0.1, 0.15) is 10.4 Å². The molecule has 0 bridgehead atoms. The number of hydrogen-bond acceptors (Lipinski definition) is 3. The van der Waals surface area contributed by atoms with Gasteiger partial charge in [-0.3, -0.25) is 4.79 Å². The second kappa shape index (κ2) is 7.66. The molecule has 1 heterocycles. The summed E-state index contributed by atoms with van der Waals surface area (Å²) >= 11 is 12.9. The van der Waals surface area contributed by atoms with E-state index in [1.807, 2.05) is 48.5 Å². The maximum Gasteiger partial charge on any atom is 0.258 e. The van der Waals surface area contributed by atoms with Crippen LogP contribution in [0.25, 0.3) is 0 Å². The van der Waals surface area contributed by atoms with E-state index in [0.717, 1.165) is 14.8 Å². The Hall–Kier alpha value is -2.08. The number of hydrogen-bond donors (Lipinski definition) is 2. The molecule has 1 aromatic heterocycles. The lowest BCUT2D eigenvalue weighted by atomic mass is 10.2. The molecule has 0 radical (unpaired) electrons. The minimum atomic E-state index is -0.233. The van der Waals surface area contributed by atoms with Gasteiger partial charge in [0, 0.05) is 21.7 Å². The number of carbonyl (C=O) groups excluding carboxylic acids is 1. The maximum atomic E-state index is 12.2. The highest BCUT2D eigenvalue weighted by atomic mass is 35.5. The Morgan fingerprint density at radius 2 is 1.79 bits per heavy atom. The minimum absolute atomic E-state index is 0.233. The first kappa shape index (κ1) is 16.8. The van der Waals surface area contributed by atoms with Crippen LogP contribution in [0.2, 0.25) is 5.02 Å². The Balaban J connectivity index is 1.71. The Morgan fingerprint density at radius 3 is 2.50 bits per heavy atom. The van der Waals surface area contributed by atoms with E-state index in [1.165, 1.54) is 0 Å². The second-order valence-corrected chi connectivity index (χ2v) is 6.85. The summed E-state index contributed by atoms with van der Waals surface area (Å²) in [5, 5.41) is 3.56. The van der Waals surface area contributed by atoms with E-state index in [9.17, 15) is 4.79 Å². The Kier molecular flexibility index (Phi) is 5.35. The first-order valence-electron chi connectivity index (χ1n) is 7.15. The quantitative estimate of drug-likeness (QED) is 0.569. The van der Waals surface area contributed by atoms with Crippen molar-refractivity contribution in [2.24, 2.45) is 0 Å². The van der Waals surface area contributed by atoms with E-state index in [2.05, 4.69) is 10.3 Å². The average Bonchev–Trinajstić information content (AvgIpc) is 2.59. The van der Waals surface area contributed by atoms with Gasteiger partial charge in [-0.15, -0.1) is 0 Å². The summed E-state index contributed by atoms with van der Waals surface area (Å²) < 4.78 is 0.417. The van der Waals surface area contributed by atoms with Crippen LogP contribution in [0.4, 0.5) is 5.69 Å². The monoisotopic (exact) mass is 372 g/mol. The van der Waals surface area contributed by atoms with E-state index >= 15 is 0 Å². The molecule has 0 atom stereocenters. The third-order valence-electron chi connectivity index (χ3n) is 3.24. The highest BCUT2D eigenvalue weighted by Gasteiger charge is 2.08. The lowest BCUT2D eigenvalue weighted by molar-refractivity contribution is 0.102. The summed E-state index contributed by atoms with van der Waals surface area (Å²) in [6, 6.07) is 18.7. The number of aromatic amines is 1. The summed E-state index contributed by atoms with van der Waals surface area (Å²) in [5.74, 6) is -0.233. The van der Waals surface area contributed by atoms with Gasteiger partial charge in [0.2, 0.25) is 0 Å². The number of nitrogens with one attached hydrogen (secondary N) is 2. The molecule has 3 nitrogen and oxygen atoms in total. The van der Waals surface area contributed by atoms with Gasteiger partial charge in [-0.2, -0.15) is 0 Å². The van der Waals surface area contributed by atoms with Gasteiger partial charge in [0.1, 0.15) is 4.64 Å². The number of pyridine rings is 1. The molecule has 1 amide bonds. The first-order chi connectivity index (χ1) is 11.6. The molecular formula is C18H13ClN2OS2. The third-order valence-corrected chi connectivity index (χ3v) is 5.10.